The largest absolute Gasteiger partial charge is 0.495 e. The molecule has 0 aliphatic rings. The molecule has 0 radical (unpaired) electrons. The standard InChI is InChI=1S/C19H18ClN5O3/c1-27-16-7-14(17(28-2)6-13(16)20)25-18-8-15(23-11-24-18)19(26)22-10-12-4-3-5-21-9-12/h3-9,11H,10H2,1-2H3,(H,22,26)(H,23,24,25). The van der Waals surface area contributed by atoms with E-state index in [0.717, 1.165) is 5.56 Å². The van der Waals surface area contributed by atoms with Gasteiger partial charge in [0.1, 0.15) is 29.3 Å². The zero-order valence-corrected chi connectivity index (χ0v) is 16.0. The third-order valence-corrected chi connectivity index (χ3v) is 4.11. The Morgan fingerprint density at radius 1 is 1.14 bits per heavy atom. The Morgan fingerprint density at radius 3 is 2.68 bits per heavy atom. The molecule has 0 bridgehead atoms. The van der Waals surface area contributed by atoms with Gasteiger partial charge in [0, 0.05) is 37.1 Å². The van der Waals surface area contributed by atoms with Crippen LogP contribution in [-0.2, 0) is 6.54 Å². The first-order chi connectivity index (χ1) is 13.6. The topological polar surface area (TPSA) is 98.3 Å². The summed E-state index contributed by atoms with van der Waals surface area (Å²) in [4.78, 5) is 24.6. The van der Waals surface area contributed by atoms with Crippen molar-refractivity contribution < 1.29 is 14.3 Å². The number of amides is 1. The molecule has 2 aromatic heterocycles. The Labute approximate surface area is 166 Å². The van der Waals surface area contributed by atoms with Crippen molar-refractivity contribution in [3.8, 4) is 11.5 Å². The normalized spacial score (nSPS) is 10.2. The lowest BCUT2D eigenvalue weighted by Crippen LogP contribution is -2.24. The van der Waals surface area contributed by atoms with Crippen molar-refractivity contribution in [2.75, 3.05) is 19.5 Å². The van der Waals surface area contributed by atoms with E-state index in [-0.39, 0.29) is 11.6 Å². The summed E-state index contributed by atoms with van der Waals surface area (Å²) < 4.78 is 10.6. The van der Waals surface area contributed by atoms with Gasteiger partial charge in [-0.2, -0.15) is 0 Å². The summed E-state index contributed by atoms with van der Waals surface area (Å²) in [6.45, 7) is 0.349. The molecule has 0 saturated heterocycles. The highest BCUT2D eigenvalue weighted by molar-refractivity contribution is 6.32. The minimum absolute atomic E-state index is 0.223. The number of ether oxygens (including phenoxy) is 2. The van der Waals surface area contributed by atoms with Crippen LogP contribution in [0.25, 0.3) is 0 Å². The van der Waals surface area contributed by atoms with Crippen molar-refractivity contribution in [3.05, 3.63) is 65.3 Å². The maximum atomic E-state index is 12.4. The molecule has 9 heteroatoms. The second kappa shape index (κ2) is 9.01. The number of halogens is 1. The Kier molecular flexibility index (Phi) is 6.23. The van der Waals surface area contributed by atoms with Crippen molar-refractivity contribution in [3.63, 3.8) is 0 Å². The van der Waals surface area contributed by atoms with Crippen molar-refractivity contribution in [2.24, 2.45) is 0 Å². The number of carbonyl (C=O) groups excluding carboxylic acids is 1. The fraction of sp³-hybridized carbons (Fsp3) is 0.158. The fourth-order valence-electron chi connectivity index (χ4n) is 2.42. The molecule has 8 nitrogen and oxygen atoms in total. The minimum atomic E-state index is -0.324. The van der Waals surface area contributed by atoms with Crippen molar-refractivity contribution in [1.29, 1.82) is 0 Å². The molecule has 3 aromatic rings. The number of carbonyl (C=O) groups is 1. The molecule has 0 aliphatic carbocycles. The van der Waals surface area contributed by atoms with Gasteiger partial charge in [-0.05, 0) is 11.6 Å². The molecule has 0 fully saturated rings. The number of methoxy groups -OCH3 is 2. The molecule has 0 unspecified atom stereocenters. The molecule has 0 spiro atoms. The number of pyridine rings is 1. The summed E-state index contributed by atoms with van der Waals surface area (Å²) in [5, 5.41) is 6.30. The number of hydrogen-bond donors (Lipinski definition) is 2. The summed E-state index contributed by atoms with van der Waals surface area (Å²) in [6, 6.07) is 8.54. The molecule has 0 atom stereocenters. The van der Waals surface area contributed by atoms with E-state index < -0.39 is 0 Å². The van der Waals surface area contributed by atoms with E-state index in [0.29, 0.717) is 34.6 Å². The Hall–Kier alpha value is -3.39. The number of nitrogens with one attached hydrogen (secondary N) is 2. The molecule has 1 amide bonds. The summed E-state index contributed by atoms with van der Waals surface area (Å²) in [5.41, 5.74) is 1.70. The predicted molar refractivity (Wildman–Crippen MR) is 105 cm³/mol. The van der Waals surface area contributed by atoms with E-state index >= 15 is 0 Å². The third kappa shape index (κ3) is 4.66. The van der Waals surface area contributed by atoms with Crippen LogP contribution in [0, 0.1) is 0 Å². The number of anilines is 2. The number of nitrogens with zero attached hydrogens (tertiary/aromatic N) is 3. The van der Waals surface area contributed by atoms with Crippen LogP contribution in [0.1, 0.15) is 16.1 Å². The van der Waals surface area contributed by atoms with E-state index in [2.05, 4.69) is 25.6 Å². The smallest absolute Gasteiger partial charge is 0.270 e. The summed E-state index contributed by atoms with van der Waals surface area (Å²) >= 11 is 6.12. The molecular weight excluding hydrogens is 382 g/mol. The first-order valence-electron chi connectivity index (χ1n) is 8.28. The lowest BCUT2D eigenvalue weighted by molar-refractivity contribution is 0.0945. The van der Waals surface area contributed by atoms with Gasteiger partial charge >= 0.3 is 0 Å². The van der Waals surface area contributed by atoms with Gasteiger partial charge in [-0.3, -0.25) is 9.78 Å². The van der Waals surface area contributed by atoms with Gasteiger partial charge in [-0.15, -0.1) is 0 Å². The first kappa shape index (κ1) is 19.4. The molecule has 144 valence electrons. The molecule has 1 aromatic carbocycles. The van der Waals surface area contributed by atoms with E-state index in [9.17, 15) is 4.79 Å². The monoisotopic (exact) mass is 399 g/mol. The highest BCUT2D eigenvalue weighted by atomic mass is 35.5. The Balaban J connectivity index is 1.75. The highest BCUT2D eigenvalue weighted by Crippen LogP contribution is 2.37. The van der Waals surface area contributed by atoms with Gasteiger partial charge in [0.05, 0.1) is 24.9 Å². The van der Waals surface area contributed by atoms with Gasteiger partial charge in [-0.1, -0.05) is 17.7 Å². The van der Waals surface area contributed by atoms with Gasteiger partial charge in [0.25, 0.3) is 5.91 Å². The first-order valence-corrected chi connectivity index (χ1v) is 8.66. The lowest BCUT2D eigenvalue weighted by Gasteiger charge is -2.13. The maximum Gasteiger partial charge on any atom is 0.270 e. The molecule has 2 N–H and O–H groups in total. The second-order valence-corrected chi connectivity index (χ2v) is 6.05. The highest BCUT2D eigenvalue weighted by Gasteiger charge is 2.13. The third-order valence-electron chi connectivity index (χ3n) is 3.81. The number of hydrogen-bond acceptors (Lipinski definition) is 7. The van der Waals surface area contributed by atoms with Crippen LogP contribution in [0.15, 0.2) is 49.1 Å². The Bertz CT molecular complexity index is 969. The van der Waals surface area contributed by atoms with Gasteiger partial charge in [-0.25, -0.2) is 9.97 Å². The van der Waals surface area contributed by atoms with Crippen molar-refractivity contribution in [1.82, 2.24) is 20.3 Å². The van der Waals surface area contributed by atoms with E-state index in [4.69, 9.17) is 21.1 Å². The molecule has 0 aliphatic heterocycles. The predicted octanol–water partition coefficient (Wildman–Crippen LogP) is 3.22. The van der Waals surface area contributed by atoms with Crippen LogP contribution >= 0.6 is 11.6 Å². The molecule has 0 saturated carbocycles. The van der Waals surface area contributed by atoms with Crippen molar-refractivity contribution in [2.45, 2.75) is 6.54 Å². The van der Waals surface area contributed by atoms with Crippen LogP contribution in [0.5, 0.6) is 11.5 Å². The number of benzene rings is 1. The summed E-state index contributed by atoms with van der Waals surface area (Å²) in [6.07, 6.45) is 4.67. The van der Waals surface area contributed by atoms with Gasteiger partial charge in [0.15, 0.2) is 0 Å². The maximum absolute atomic E-state index is 12.4. The van der Waals surface area contributed by atoms with Gasteiger partial charge in [0.2, 0.25) is 0 Å². The zero-order chi connectivity index (χ0) is 19.9. The zero-order valence-electron chi connectivity index (χ0n) is 15.3. The van der Waals surface area contributed by atoms with Crippen LogP contribution in [0.2, 0.25) is 5.02 Å². The average molecular weight is 400 g/mol. The van der Waals surface area contributed by atoms with Crippen LogP contribution in [0.4, 0.5) is 11.5 Å². The molecule has 2 heterocycles. The molecule has 28 heavy (non-hydrogen) atoms. The second-order valence-electron chi connectivity index (χ2n) is 5.64. The average Bonchev–Trinajstić information content (AvgIpc) is 2.73. The van der Waals surface area contributed by atoms with E-state index in [1.807, 2.05) is 12.1 Å². The lowest BCUT2D eigenvalue weighted by atomic mass is 10.2. The fourth-order valence-corrected chi connectivity index (χ4v) is 2.65. The molecule has 3 rings (SSSR count). The van der Waals surface area contributed by atoms with Gasteiger partial charge < -0.3 is 20.1 Å². The van der Waals surface area contributed by atoms with Crippen LogP contribution in [0.3, 0.4) is 0 Å². The van der Waals surface area contributed by atoms with E-state index in [1.165, 1.54) is 20.5 Å². The Morgan fingerprint density at radius 2 is 1.96 bits per heavy atom. The number of rotatable bonds is 7. The quantitative estimate of drug-likeness (QED) is 0.629. The van der Waals surface area contributed by atoms with E-state index in [1.54, 1.807) is 30.6 Å². The minimum Gasteiger partial charge on any atom is -0.495 e. The number of aromatic nitrogens is 3. The summed E-state index contributed by atoms with van der Waals surface area (Å²) in [5.74, 6) is 1.08. The van der Waals surface area contributed by atoms with Crippen LogP contribution < -0.4 is 20.1 Å². The SMILES string of the molecule is COc1cc(Nc2cc(C(=O)NCc3cccnc3)ncn2)c(OC)cc1Cl. The van der Waals surface area contributed by atoms with Crippen molar-refractivity contribution >= 4 is 29.0 Å². The summed E-state index contributed by atoms with van der Waals surface area (Å²) in [7, 11) is 3.05. The van der Waals surface area contributed by atoms with Crippen LogP contribution in [-0.4, -0.2) is 35.1 Å². The molecular formula is C19H18ClN5O3.